The highest BCUT2D eigenvalue weighted by Gasteiger charge is 2.17. The fourth-order valence-electron chi connectivity index (χ4n) is 3.24. The lowest BCUT2D eigenvalue weighted by molar-refractivity contribution is -0.137. The monoisotopic (exact) mass is 382 g/mol. The van der Waals surface area contributed by atoms with Gasteiger partial charge in [0.25, 0.3) is 0 Å². The van der Waals surface area contributed by atoms with Crippen LogP contribution in [0.25, 0.3) is 0 Å². The average molecular weight is 382 g/mol. The second-order valence-electron chi connectivity index (χ2n) is 6.77. The second kappa shape index (κ2) is 9.12. The third kappa shape index (κ3) is 5.16. The predicted molar refractivity (Wildman–Crippen MR) is 111 cm³/mol. The van der Waals surface area contributed by atoms with E-state index in [9.17, 15) is 4.79 Å². The number of hydrogen-bond donors (Lipinski definition) is 3. The lowest BCUT2D eigenvalue weighted by Gasteiger charge is -2.37. The minimum absolute atomic E-state index is 0.0886. The maximum Gasteiger partial charge on any atom is 0.303 e. The minimum atomic E-state index is -0.798. The Morgan fingerprint density at radius 1 is 0.964 bits per heavy atom. The number of carboxylic acids is 1. The molecule has 28 heavy (non-hydrogen) atoms. The molecule has 2 aromatic rings. The summed E-state index contributed by atoms with van der Waals surface area (Å²) < 4.78 is 5.59. The zero-order valence-electron chi connectivity index (χ0n) is 15.8. The van der Waals surface area contributed by atoms with E-state index in [4.69, 9.17) is 21.0 Å². The van der Waals surface area contributed by atoms with Gasteiger partial charge in [0.05, 0.1) is 6.61 Å². The SMILES string of the molecule is N=C(N)c1ccc(N2CCN(c3ccc(OCCCC(=O)O)cc3)CC2)cc1. The highest BCUT2D eigenvalue weighted by Crippen LogP contribution is 2.23. The molecular weight excluding hydrogens is 356 g/mol. The lowest BCUT2D eigenvalue weighted by Crippen LogP contribution is -2.46. The van der Waals surface area contributed by atoms with Crippen LogP contribution in [0.3, 0.4) is 0 Å². The van der Waals surface area contributed by atoms with Crippen molar-refractivity contribution < 1.29 is 14.6 Å². The molecule has 1 fully saturated rings. The van der Waals surface area contributed by atoms with E-state index in [0.29, 0.717) is 13.0 Å². The molecule has 0 bridgehead atoms. The van der Waals surface area contributed by atoms with Crippen LogP contribution in [0.2, 0.25) is 0 Å². The third-order valence-electron chi connectivity index (χ3n) is 4.83. The van der Waals surface area contributed by atoms with E-state index in [-0.39, 0.29) is 12.3 Å². The van der Waals surface area contributed by atoms with E-state index in [1.807, 2.05) is 48.5 Å². The number of anilines is 2. The number of aliphatic carboxylic acids is 1. The van der Waals surface area contributed by atoms with Crippen LogP contribution in [0.4, 0.5) is 11.4 Å². The number of amidine groups is 1. The molecule has 0 spiro atoms. The number of ether oxygens (including phenoxy) is 1. The predicted octanol–water partition coefficient (Wildman–Crippen LogP) is 2.54. The number of benzene rings is 2. The zero-order valence-corrected chi connectivity index (χ0v) is 15.8. The highest BCUT2D eigenvalue weighted by atomic mass is 16.5. The fourth-order valence-corrected chi connectivity index (χ4v) is 3.24. The van der Waals surface area contributed by atoms with Crippen molar-refractivity contribution in [3.63, 3.8) is 0 Å². The van der Waals surface area contributed by atoms with Crippen LogP contribution in [0.15, 0.2) is 48.5 Å². The van der Waals surface area contributed by atoms with Gasteiger partial charge in [-0.3, -0.25) is 10.2 Å². The van der Waals surface area contributed by atoms with Crippen molar-refractivity contribution in [2.45, 2.75) is 12.8 Å². The van der Waals surface area contributed by atoms with Gasteiger partial charge in [-0.05, 0) is 55.0 Å². The summed E-state index contributed by atoms with van der Waals surface area (Å²) >= 11 is 0. The Kier molecular flexibility index (Phi) is 6.37. The molecule has 7 heteroatoms. The topological polar surface area (TPSA) is 103 Å². The number of piperazine rings is 1. The molecule has 0 aromatic heterocycles. The maximum atomic E-state index is 10.5. The summed E-state index contributed by atoms with van der Waals surface area (Å²) in [5, 5.41) is 16.1. The summed E-state index contributed by atoms with van der Waals surface area (Å²) in [6.07, 6.45) is 0.631. The Morgan fingerprint density at radius 3 is 1.93 bits per heavy atom. The molecule has 3 rings (SSSR count). The Hall–Kier alpha value is -3.22. The summed E-state index contributed by atoms with van der Waals surface area (Å²) in [5.74, 6) is 0.0527. The van der Waals surface area contributed by atoms with Gasteiger partial charge in [0.1, 0.15) is 11.6 Å². The minimum Gasteiger partial charge on any atom is -0.494 e. The smallest absolute Gasteiger partial charge is 0.303 e. The van der Waals surface area contributed by atoms with Gasteiger partial charge in [-0.1, -0.05) is 0 Å². The first-order chi connectivity index (χ1) is 13.5. The van der Waals surface area contributed by atoms with E-state index in [2.05, 4.69) is 9.80 Å². The Bertz CT molecular complexity index is 797. The zero-order chi connectivity index (χ0) is 19.9. The van der Waals surface area contributed by atoms with Gasteiger partial charge >= 0.3 is 5.97 Å². The van der Waals surface area contributed by atoms with Gasteiger partial charge in [0, 0.05) is 49.5 Å². The van der Waals surface area contributed by atoms with Crippen LogP contribution in [-0.4, -0.2) is 49.7 Å². The molecule has 0 saturated carbocycles. The largest absolute Gasteiger partial charge is 0.494 e. The summed E-state index contributed by atoms with van der Waals surface area (Å²) in [5.41, 5.74) is 8.56. The van der Waals surface area contributed by atoms with Crippen molar-refractivity contribution in [2.24, 2.45) is 5.73 Å². The molecule has 0 atom stereocenters. The van der Waals surface area contributed by atoms with Crippen molar-refractivity contribution in [2.75, 3.05) is 42.6 Å². The van der Waals surface area contributed by atoms with Crippen LogP contribution in [0.5, 0.6) is 5.75 Å². The van der Waals surface area contributed by atoms with Crippen molar-refractivity contribution in [1.82, 2.24) is 0 Å². The normalized spacial score (nSPS) is 14.0. The van der Waals surface area contributed by atoms with Crippen LogP contribution in [0, 0.1) is 5.41 Å². The van der Waals surface area contributed by atoms with Crippen LogP contribution < -0.4 is 20.3 Å². The van der Waals surface area contributed by atoms with Gasteiger partial charge in [0.2, 0.25) is 0 Å². The summed E-state index contributed by atoms with van der Waals surface area (Å²) in [6.45, 7) is 4.10. The molecule has 0 radical (unpaired) electrons. The van der Waals surface area contributed by atoms with Crippen molar-refractivity contribution in [3.05, 3.63) is 54.1 Å². The lowest BCUT2D eigenvalue weighted by atomic mass is 10.1. The van der Waals surface area contributed by atoms with E-state index in [0.717, 1.165) is 48.9 Å². The van der Waals surface area contributed by atoms with E-state index >= 15 is 0 Å². The summed E-state index contributed by atoms with van der Waals surface area (Å²) in [7, 11) is 0. The Labute approximate surface area is 164 Å². The number of rotatable bonds is 8. The number of nitrogens with one attached hydrogen (secondary N) is 1. The van der Waals surface area contributed by atoms with E-state index in [1.54, 1.807) is 0 Å². The quantitative estimate of drug-likeness (QED) is 0.368. The molecule has 1 aliphatic heterocycles. The molecule has 1 heterocycles. The number of carboxylic acid groups (broad SMARTS) is 1. The molecule has 2 aromatic carbocycles. The molecule has 1 aliphatic rings. The Balaban J connectivity index is 1.49. The van der Waals surface area contributed by atoms with Crippen molar-refractivity contribution in [1.29, 1.82) is 5.41 Å². The third-order valence-corrected chi connectivity index (χ3v) is 4.83. The summed E-state index contributed by atoms with van der Waals surface area (Å²) in [6, 6.07) is 15.8. The van der Waals surface area contributed by atoms with Gasteiger partial charge < -0.3 is 25.4 Å². The number of nitrogens with zero attached hydrogens (tertiary/aromatic N) is 2. The van der Waals surface area contributed by atoms with Crippen molar-refractivity contribution >= 4 is 23.2 Å². The number of nitrogen functional groups attached to an aromatic ring is 1. The molecule has 0 aliphatic carbocycles. The Morgan fingerprint density at radius 2 is 1.46 bits per heavy atom. The van der Waals surface area contributed by atoms with Gasteiger partial charge in [-0.25, -0.2) is 0 Å². The highest BCUT2D eigenvalue weighted by molar-refractivity contribution is 5.95. The molecule has 0 unspecified atom stereocenters. The second-order valence-corrected chi connectivity index (χ2v) is 6.77. The molecule has 1 saturated heterocycles. The molecular formula is C21H26N4O3. The fraction of sp³-hybridized carbons (Fsp3) is 0.333. The van der Waals surface area contributed by atoms with E-state index < -0.39 is 5.97 Å². The van der Waals surface area contributed by atoms with Crippen LogP contribution in [0.1, 0.15) is 18.4 Å². The first-order valence-electron chi connectivity index (χ1n) is 9.42. The average Bonchev–Trinajstić information content (AvgIpc) is 2.72. The first-order valence-corrected chi connectivity index (χ1v) is 9.42. The standard InChI is InChI=1S/C21H26N4O3/c22-21(23)16-3-5-17(6-4-16)24-11-13-25(14-12-24)18-7-9-19(10-8-18)28-15-1-2-20(26)27/h3-10H,1-2,11-15H2,(H3,22,23)(H,26,27). The van der Waals surface area contributed by atoms with Gasteiger partial charge in [-0.15, -0.1) is 0 Å². The van der Waals surface area contributed by atoms with Crippen LogP contribution in [-0.2, 0) is 4.79 Å². The number of nitrogens with two attached hydrogens (primary N) is 1. The van der Waals surface area contributed by atoms with Crippen LogP contribution >= 0.6 is 0 Å². The van der Waals surface area contributed by atoms with Crippen molar-refractivity contribution in [3.8, 4) is 5.75 Å². The molecule has 148 valence electrons. The van der Waals surface area contributed by atoms with E-state index in [1.165, 1.54) is 0 Å². The first kappa shape index (κ1) is 19.5. The number of hydrogen-bond acceptors (Lipinski definition) is 5. The molecule has 4 N–H and O–H groups in total. The molecule has 7 nitrogen and oxygen atoms in total. The molecule has 0 amide bonds. The van der Waals surface area contributed by atoms with Gasteiger partial charge in [-0.2, -0.15) is 0 Å². The van der Waals surface area contributed by atoms with Gasteiger partial charge in [0.15, 0.2) is 0 Å². The number of carbonyl (C=O) groups is 1. The maximum absolute atomic E-state index is 10.5. The summed E-state index contributed by atoms with van der Waals surface area (Å²) in [4.78, 5) is 15.2.